The fraction of sp³-hybridized carbons (Fsp3) is 0.857. The smallest absolute Gasteiger partial charge is 0.225 e. The molecule has 102 valence electrons. The summed E-state index contributed by atoms with van der Waals surface area (Å²) in [6, 6.07) is 0. The Balaban J connectivity index is 1.91. The zero-order valence-corrected chi connectivity index (χ0v) is 11.4. The minimum absolute atomic E-state index is 0.0441. The Bertz CT molecular complexity index is 330. The average Bonchev–Trinajstić information content (AvgIpc) is 2.34. The highest BCUT2D eigenvalue weighted by molar-refractivity contribution is 5.85. The highest BCUT2D eigenvalue weighted by Gasteiger charge is 2.41. The van der Waals surface area contributed by atoms with Gasteiger partial charge in [0, 0.05) is 32.5 Å². The molecule has 4 nitrogen and oxygen atoms in total. The van der Waals surface area contributed by atoms with E-state index >= 15 is 0 Å². The maximum Gasteiger partial charge on any atom is 0.225 e. The van der Waals surface area contributed by atoms with E-state index in [1.54, 1.807) is 7.11 Å². The van der Waals surface area contributed by atoms with Crippen molar-refractivity contribution in [2.75, 3.05) is 20.2 Å². The molecule has 0 aromatic heterocycles. The molecule has 0 bridgehead atoms. The average molecular weight is 253 g/mol. The quantitative estimate of drug-likeness (QED) is 0.767. The maximum absolute atomic E-state index is 12.3. The lowest BCUT2D eigenvalue weighted by Crippen LogP contribution is -2.49. The van der Waals surface area contributed by atoms with Gasteiger partial charge in [0.25, 0.3) is 0 Å². The third-order valence-corrected chi connectivity index (χ3v) is 4.54. The second-order valence-electron chi connectivity index (χ2n) is 5.58. The van der Waals surface area contributed by atoms with Crippen LogP contribution in [0.5, 0.6) is 0 Å². The predicted octanol–water partition coefficient (Wildman–Crippen LogP) is 1.77. The second kappa shape index (κ2) is 5.39. The van der Waals surface area contributed by atoms with Gasteiger partial charge in [-0.15, -0.1) is 0 Å². The SMILES string of the molecule is CCC1CN(C(=O)CC2(OC)CCC2)CCC1=O. The van der Waals surface area contributed by atoms with Gasteiger partial charge in [-0.25, -0.2) is 0 Å². The van der Waals surface area contributed by atoms with Crippen molar-refractivity contribution in [3.8, 4) is 0 Å². The third-order valence-electron chi connectivity index (χ3n) is 4.54. The van der Waals surface area contributed by atoms with Crippen LogP contribution in [-0.2, 0) is 14.3 Å². The molecule has 0 N–H and O–H groups in total. The summed E-state index contributed by atoms with van der Waals surface area (Å²) in [6.07, 6.45) is 4.95. The van der Waals surface area contributed by atoms with Crippen molar-refractivity contribution in [1.29, 1.82) is 0 Å². The molecule has 0 radical (unpaired) electrons. The van der Waals surface area contributed by atoms with Gasteiger partial charge in [0.2, 0.25) is 5.91 Å². The van der Waals surface area contributed by atoms with Gasteiger partial charge in [0.1, 0.15) is 5.78 Å². The molecular formula is C14H23NO3. The normalized spacial score (nSPS) is 26.9. The van der Waals surface area contributed by atoms with Crippen LogP contribution in [0.25, 0.3) is 0 Å². The second-order valence-corrected chi connectivity index (χ2v) is 5.58. The van der Waals surface area contributed by atoms with E-state index in [0.29, 0.717) is 31.7 Å². The maximum atomic E-state index is 12.3. The minimum Gasteiger partial charge on any atom is -0.378 e. The number of piperidine rings is 1. The zero-order valence-electron chi connectivity index (χ0n) is 11.4. The van der Waals surface area contributed by atoms with Crippen LogP contribution in [0.4, 0.5) is 0 Å². The molecule has 2 aliphatic rings. The topological polar surface area (TPSA) is 46.6 Å². The van der Waals surface area contributed by atoms with Crippen LogP contribution in [0.15, 0.2) is 0 Å². The Morgan fingerprint density at radius 3 is 2.72 bits per heavy atom. The third kappa shape index (κ3) is 2.58. The first kappa shape index (κ1) is 13.5. The molecular weight excluding hydrogens is 230 g/mol. The molecule has 0 spiro atoms. The van der Waals surface area contributed by atoms with Crippen LogP contribution in [0.3, 0.4) is 0 Å². The van der Waals surface area contributed by atoms with Crippen LogP contribution in [0.2, 0.25) is 0 Å². The zero-order chi connectivity index (χ0) is 13.2. The fourth-order valence-electron chi connectivity index (χ4n) is 2.90. The molecule has 1 saturated carbocycles. The lowest BCUT2D eigenvalue weighted by molar-refractivity contribution is -0.147. The molecule has 1 saturated heterocycles. The summed E-state index contributed by atoms with van der Waals surface area (Å²) in [5.41, 5.74) is -0.208. The van der Waals surface area contributed by atoms with Gasteiger partial charge in [-0.05, 0) is 25.7 Å². The van der Waals surface area contributed by atoms with Crippen molar-refractivity contribution in [3.05, 3.63) is 0 Å². The van der Waals surface area contributed by atoms with Gasteiger partial charge in [0.05, 0.1) is 12.0 Å². The standard InChI is InChI=1S/C14H23NO3/c1-3-11-10-15(8-5-12(11)16)13(17)9-14(18-2)6-4-7-14/h11H,3-10H2,1-2H3. The molecule has 1 heterocycles. The van der Waals surface area contributed by atoms with Crippen LogP contribution >= 0.6 is 0 Å². The van der Waals surface area contributed by atoms with Gasteiger partial charge in [0.15, 0.2) is 0 Å². The summed E-state index contributed by atoms with van der Waals surface area (Å²) < 4.78 is 5.50. The summed E-state index contributed by atoms with van der Waals surface area (Å²) in [7, 11) is 1.70. The number of amides is 1. The Morgan fingerprint density at radius 2 is 2.22 bits per heavy atom. The lowest BCUT2D eigenvalue weighted by atomic mass is 9.77. The van der Waals surface area contributed by atoms with Crippen molar-refractivity contribution >= 4 is 11.7 Å². The van der Waals surface area contributed by atoms with Crippen LogP contribution in [0, 0.1) is 5.92 Å². The highest BCUT2D eigenvalue weighted by atomic mass is 16.5. The molecule has 2 rings (SSSR count). The number of rotatable bonds is 4. The molecule has 1 atom stereocenters. The first-order valence-electron chi connectivity index (χ1n) is 6.96. The van der Waals surface area contributed by atoms with Gasteiger partial charge in [-0.2, -0.15) is 0 Å². The molecule has 2 fully saturated rings. The molecule has 18 heavy (non-hydrogen) atoms. The largest absolute Gasteiger partial charge is 0.378 e. The van der Waals surface area contributed by atoms with Crippen LogP contribution in [-0.4, -0.2) is 42.4 Å². The van der Waals surface area contributed by atoms with Crippen molar-refractivity contribution in [3.63, 3.8) is 0 Å². The molecule has 1 aliphatic heterocycles. The van der Waals surface area contributed by atoms with E-state index < -0.39 is 0 Å². The monoisotopic (exact) mass is 253 g/mol. The Morgan fingerprint density at radius 1 is 1.50 bits per heavy atom. The summed E-state index contributed by atoms with van der Waals surface area (Å²) in [5, 5.41) is 0. The summed E-state index contributed by atoms with van der Waals surface area (Å²) >= 11 is 0. The molecule has 1 aliphatic carbocycles. The highest BCUT2D eigenvalue weighted by Crippen LogP contribution is 2.38. The number of carbonyl (C=O) groups is 2. The summed E-state index contributed by atoms with van der Waals surface area (Å²) in [5.74, 6) is 0.511. The predicted molar refractivity (Wildman–Crippen MR) is 68.2 cm³/mol. The minimum atomic E-state index is -0.208. The number of methoxy groups -OCH3 is 1. The van der Waals surface area contributed by atoms with Crippen molar-refractivity contribution in [2.45, 2.75) is 51.0 Å². The van der Waals surface area contributed by atoms with E-state index in [-0.39, 0.29) is 17.4 Å². The van der Waals surface area contributed by atoms with E-state index in [9.17, 15) is 9.59 Å². The number of hydrogen-bond donors (Lipinski definition) is 0. The first-order valence-corrected chi connectivity index (χ1v) is 6.96. The molecule has 0 aromatic rings. The van der Waals surface area contributed by atoms with Crippen LogP contribution < -0.4 is 0 Å². The van der Waals surface area contributed by atoms with E-state index in [1.165, 1.54) is 0 Å². The van der Waals surface area contributed by atoms with Crippen LogP contribution in [0.1, 0.15) is 45.4 Å². The van der Waals surface area contributed by atoms with Gasteiger partial charge < -0.3 is 9.64 Å². The summed E-state index contributed by atoms with van der Waals surface area (Å²) in [6.45, 7) is 3.21. The lowest BCUT2D eigenvalue weighted by Gasteiger charge is -2.42. The number of nitrogens with zero attached hydrogens (tertiary/aromatic N) is 1. The van der Waals surface area contributed by atoms with Crippen molar-refractivity contribution in [1.82, 2.24) is 4.90 Å². The number of carbonyl (C=O) groups excluding carboxylic acids is 2. The van der Waals surface area contributed by atoms with Gasteiger partial charge in [-0.3, -0.25) is 9.59 Å². The molecule has 1 unspecified atom stereocenters. The van der Waals surface area contributed by atoms with Gasteiger partial charge >= 0.3 is 0 Å². The Labute approximate surface area is 109 Å². The number of ketones is 1. The Hall–Kier alpha value is -0.900. The summed E-state index contributed by atoms with van der Waals surface area (Å²) in [4.78, 5) is 25.8. The van der Waals surface area contributed by atoms with E-state index in [1.807, 2.05) is 11.8 Å². The first-order chi connectivity index (χ1) is 8.60. The fourth-order valence-corrected chi connectivity index (χ4v) is 2.90. The van der Waals surface area contributed by atoms with E-state index in [4.69, 9.17) is 4.74 Å². The number of likely N-dealkylation sites (tertiary alicyclic amines) is 1. The molecule has 0 aromatic carbocycles. The number of Topliss-reactive ketones (excluding diaryl/α,β-unsaturated/α-hetero) is 1. The van der Waals surface area contributed by atoms with E-state index in [2.05, 4.69) is 0 Å². The number of ether oxygens (including phenoxy) is 1. The molecule has 1 amide bonds. The Kier molecular flexibility index (Phi) is 4.05. The van der Waals surface area contributed by atoms with E-state index in [0.717, 1.165) is 25.7 Å². The number of hydrogen-bond acceptors (Lipinski definition) is 3. The van der Waals surface area contributed by atoms with Crippen molar-refractivity contribution in [2.24, 2.45) is 5.92 Å². The molecule has 4 heteroatoms. The van der Waals surface area contributed by atoms with Gasteiger partial charge in [-0.1, -0.05) is 6.92 Å². The van der Waals surface area contributed by atoms with Crippen molar-refractivity contribution < 1.29 is 14.3 Å².